The maximum atomic E-state index is 9.07. The van der Waals surface area contributed by atoms with E-state index in [0.29, 0.717) is 12.8 Å². The van der Waals surface area contributed by atoms with Crippen LogP contribution in [-0.2, 0) is 0 Å². The first-order valence-corrected chi connectivity index (χ1v) is 3.53. The van der Waals surface area contributed by atoms with Gasteiger partial charge in [-0.3, -0.25) is 0 Å². The van der Waals surface area contributed by atoms with Gasteiger partial charge in [0.2, 0.25) is 0 Å². The Labute approximate surface area is 66.3 Å². The lowest BCUT2D eigenvalue weighted by Crippen LogP contribution is -2.28. The Kier molecular flexibility index (Phi) is 5.80. The van der Waals surface area contributed by atoms with Crippen LogP contribution < -0.4 is 0 Å². The van der Waals surface area contributed by atoms with E-state index in [9.17, 15) is 0 Å². The van der Waals surface area contributed by atoms with Crippen LogP contribution in [0.2, 0.25) is 0 Å². The Hall–Kier alpha value is -0.600. The minimum absolute atomic E-state index is 0.404. The van der Waals surface area contributed by atoms with Gasteiger partial charge in [-0.2, -0.15) is 0 Å². The predicted octanol–water partition coefficient (Wildman–Crippen LogP) is -0.178. The second-order valence-electron chi connectivity index (χ2n) is 2.30. The lowest BCUT2D eigenvalue weighted by molar-refractivity contribution is -0.0169. The molecule has 0 saturated heterocycles. The molecule has 0 bridgehead atoms. The molecule has 0 amide bonds. The largest absolute Gasteiger partial charge is 0.394 e. The fraction of sp³-hybridized carbons (Fsp3) is 0.625. The lowest BCUT2D eigenvalue weighted by Gasteiger charge is -2.13. The number of hydrogen-bond donors (Lipinski definition) is 3. The van der Waals surface area contributed by atoms with E-state index in [-0.39, 0.29) is 0 Å². The van der Waals surface area contributed by atoms with Crippen molar-refractivity contribution in [1.29, 1.82) is 0 Å². The molecule has 0 aliphatic heterocycles. The number of aliphatic hydroxyl groups excluding tert-OH is 3. The number of allylic oxidation sites excluding steroid dienone is 1. The first-order valence-electron chi connectivity index (χ1n) is 3.53. The molecule has 0 rings (SSSR count). The van der Waals surface area contributed by atoms with Crippen molar-refractivity contribution in [3.63, 3.8) is 0 Å². The van der Waals surface area contributed by atoms with E-state index in [1.165, 1.54) is 0 Å². The van der Waals surface area contributed by atoms with Crippen LogP contribution in [0, 0.1) is 0 Å². The van der Waals surface area contributed by atoms with Crippen molar-refractivity contribution in [3.05, 3.63) is 18.4 Å². The third-order valence-electron chi connectivity index (χ3n) is 1.38. The molecule has 64 valence electrons. The summed E-state index contributed by atoms with van der Waals surface area (Å²) in [6, 6.07) is 0. The van der Waals surface area contributed by atoms with Gasteiger partial charge in [0.25, 0.3) is 0 Å². The van der Waals surface area contributed by atoms with Gasteiger partial charge in [0.05, 0.1) is 12.7 Å². The van der Waals surface area contributed by atoms with Gasteiger partial charge >= 0.3 is 0 Å². The SMILES string of the molecule is C=C=CCCC(O)C(O)CO. The first-order chi connectivity index (χ1) is 5.22. The standard InChI is InChI=1S/C8H14O3/c1-2-3-4-5-7(10)8(11)6-9/h3,7-11H,1,4-6H2. The van der Waals surface area contributed by atoms with E-state index in [1.807, 2.05) is 0 Å². The second-order valence-corrected chi connectivity index (χ2v) is 2.30. The van der Waals surface area contributed by atoms with Crippen LogP contribution in [0.15, 0.2) is 18.4 Å². The molecule has 2 atom stereocenters. The van der Waals surface area contributed by atoms with E-state index in [0.717, 1.165) is 0 Å². The van der Waals surface area contributed by atoms with Crippen LogP contribution in [-0.4, -0.2) is 34.1 Å². The van der Waals surface area contributed by atoms with Crippen molar-refractivity contribution >= 4 is 0 Å². The highest BCUT2D eigenvalue weighted by Gasteiger charge is 2.13. The molecule has 0 radical (unpaired) electrons. The first kappa shape index (κ1) is 10.4. The monoisotopic (exact) mass is 158 g/mol. The summed E-state index contributed by atoms with van der Waals surface area (Å²) in [4.78, 5) is 0. The third kappa shape index (κ3) is 4.76. The highest BCUT2D eigenvalue weighted by molar-refractivity contribution is 4.78. The Morgan fingerprint density at radius 1 is 1.36 bits per heavy atom. The van der Waals surface area contributed by atoms with Gasteiger partial charge < -0.3 is 15.3 Å². The highest BCUT2D eigenvalue weighted by Crippen LogP contribution is 2.02. The van der Waals surface area contributed by atoms with Gasteiger partial charge in [0.1, 0.15) is 6.10 Å². The lowest BCUT2D eigenvalue weighted by atomic mass is 10.1. The van der Waals surface area contributed by atoms with E-state index >= 15 is 0 Å². The molecule has 0 aromatic rings. The van der Waals surface area contributed by atoms with Crippen molar-refractivity contribution in [2.75, 3.05) is 6.61 Å². The van der Waals surface area contributed by atoms with Gasteiger partial charge in [0.15, 0.2) is 0 Å². The summed E-state index contributed by atoms with van der Waals surface area (Å²) in [5.74, 6) is 0. The molecule has 3 N–H and O–H groups in total. The molecule has 0 aliphatic carbocycles. The number of hydrogen-bond acceptors (Lipinski definition) is 3. The zero-order valence-electron chi connectivity index (χ0n) is 6.40. The van der Waals surface area contributed by atoms with Crippen molar-refractivity contribution in [2.45, 2.75) is 25.0 Å². The molecule has 3 nitrogen and oxygen atoms in total. The van der Waals surface area contributed by atoms with Crippen LogP contribution in [0.1, 0.15) is 12.8 Å². The normalized spacial score (nSPS) is 15.2. The maximum Gasteiger partial charge on any atom is 0.103 e. The fourth-order valence-electron chi connectivity index (χ4n) is 0.670. The number of rotatable bonds is 5. The Morgan fingerprint density at radius 2 is 2.00 bits per heavy atom. The summed E-state index contributed by atoms with van der Waals surface area (Å²) in [6.45, 7) is 2.94. The third-order valence-corrected chi connectivity index (χ3v) is 1.38. The van der Waals surface area contributed by atoms with E-state index in [1.54, 1.807) is 6.08 Å². The topological polar surface area (TPSA) is 60.7 Å². The molecule has 0 fully saturated rings. The van der Waals surface area contributed by atoms with Gasteiger partial charge in [-0.05, 0) is 18.9 Å². The van der Waals surface area contributed by atoms with E-state index in [4.69, 9.17) is 15.3 Å². The summed E-state index contributed by atoms with van der Waals surface area (Å²) in [5, 5.41) is 26.4. The molecular weight excluding hydrogens is 144 g/mol. The highest BCUT2D eigenvalue weighted by atomic mass is 16.4. The van der Waals surface area contributed by atoms with E-state index in [2.05, 4.69) is 12.3 Å². The van der Waals surface area contributed by atoms with Gasteiger partial charge in [-0.25, -0.2) is 0 Å². The molecule has 0 spiro atoms. The van der Waals surface area contributed by atoms with Crippen LogP contribution in [0.5, 0.6) is 0 Å². The molecule has 0 saturated carbocycles. The molecular formula is C8H14O3. The minimum Gasteiger partial charge on any atom is -0.394 e. The maximum absolute atomic E-state index is 9.07. The van der Waals surface area contributed by atoms with Crippen LogP contribution in [0.4, 0.5) is 0 Å². The summed E-state index contributed by atoms with van der Waals surface area (Å²) in [6.07, 6.45) is 0.817. The Morgan fingerprint density at radius 3 is 2.45 bits per heavy atom. The minimum atomic E-state index is -1.03. The average Bonchev–Trinajstić information content (AvgIpc) is 2.03. The average molecular weight is 158 g/mol. The zero-order valence-corrected chi connectivity index (χ0v) is 6.40. The summed E-state index contributed by atoms with van der Waals surface area (Å²) >= 11 is 0. The van der Waals surface area contributed by atoms with Crippen LogP contribution in [0.25, 0.3) is 0 Å². The smallest absolute Gasteiger partial charge is 0.103 e. The molecule has 2 unspecified atom stereocenters. The molecule has 0 aromatic heterocycles. The summed E-state index contributed by atoms with van der Waals surface area (Å²) in [7, 11) is 0. The van der Waals surface area contributed by atoms with Gasteiger partial charge in [0, 0.05) is 0 Å². The molecule has 0 heterocycles. The molecule has 3 heteroatoms. The molecule has 0 aromatic carbocycles. The summed E-state index contributed by atoms with van der Waals surface area (Å²) < 4.78 is 0. The molecule has 0 aliphatic rings. The second kappa shape index (κ2) is 6.13. The van der Waals surface area contributed by atoms with Crippen molar-refractivity contribution in [1.82, 2.24) is 0 Å². The zero-order chi connectivity index (χ0) is 8.69. The van der Waals surface area contributed by atoms with Crippen molar-refractivity contribution in [3.8, 4) is 0 Å². The molecule has 11 heavy (non-hydrogen) atoms. The Balaban J connectivity index is 3.50. The quantitative estimate of drug-likeness (QED) is 0.486. The van der Waals surface area contributed by atoms with E-state index < -0.39 is 18.8 Å². The fourth-order valence-corrected chi connectivity index (χ4v) is 0.670. The van der Waals surface area contributed by atoms with Crippen LogP contribution in [0.3, 0.4) is 0 Å². The predicted molar refractivity (Wildman–Crippen MR) is 42.0 cm³/mol. The van der Waals surface area contributed by atoms with Gasteiger partial charge in [-0.1, -0.05) is 6.58 Å². The summed E-state index contributed by atoms with van der Waals surface area (Å²) in [5.41, 5.74) is 2.55. The van der Waals surface area contributed by atoms with Crippen LogP contribution >= 0.6 is 0 Å². The van der Waals surface area contributed by atoms with Crippen molar-refractivity contribution in [2.24, 2.45) is 0 Å². The van der Waals surface area contributed by atoms with Crippen molar-refractivity contribution < 1.29 is 15.3 Å². The number of aliphatic hydroxyl groups is 3. The van der Waals surface area contributed by atoms with Gasteiger partial charge in [-0.15, -0.1) is 5.73 Å². The Bertz CT molecular complexity index is 138.